The summed E-state index contributed by atoms with van der Waals surface area (Å²) in [6.45, 7) is 2.26. The summed E-state index contributed by atoms with van der Waals surface area (Å²) in [5.41, 5.74) is 0. The van der Waals surface area contributed by atoms with Gasteiger partial charge in [0.05, 0.1) is 5.92 Å². The Morgan fingerprint density at radius 3 is 2.47 bits per heavy atom. The first kappa shape index (κ1) is 11.0. The van der Waals surface area contributed by atoms with E-state index in [-0.39, 0.29) is 18.0 Å². The highest BCUT2D eigenvalue weighted by Gasteiger charge is 2.28. The minimum atomic E-state index is 0.0894. The molecular formula is C13H22O2. The lowest BCUT2D eigenvalue weighted by Gasteiger charge is -2.27. The summed E-state index contributed by atoms with van der Waals surface area (Å²) in [4.78, 5) is 11.8. The van der Waals surface area contributed by atoms with Gasteiger partial charge in [0.2, 0.25) is 0 Å². The van der Waals surface area contributed by atoms with Crippen molar-refractivity contribution in [2.45, 2.75) is 64.4 Å². The summed E-state index contributed by atoms with van der Waals surface area (Å²) in [6.07, 6.45) is 9.45. The van der Waals surface area contributed by atoms with Crippen LogP contribution in [0, 0.1) is 11.8 Å². The van der Waals surface area contributed by atoms with Crippen molar-refractivity contribution in [1.29, 1.82) is 0 Å². The normalized spacial score (nSPS) is 32.9. The van der Waals surface area contributed by atoms with E-state index in [9.17, 15) is 4.79 Å². The van der Waals surface area contributed by atoms with Gasteiger partial charge in [-0.2, -0.15) is 0 Å². The zero-order chi connectivity index (χ0) is 10.7. The molecule has 0 aromatic rings. The minimum Gasteiger partial charge on any atom is -0.462 e. The van der Waals surface area contributed by atoms with Gasteiger partial charge in [0.1, 0.15) is 6.10 Å². The van der Waals surface area contributed by atoms with Gasteiger partial charge < -0.3 is 4.74 Å². The van der Waals surface area contributed by atoms with Crippen molar-refractivity contribution in [1.82, 2.24) is 0 Å². The predicted molar refractivity (Wildman–Crippen MR) is 59.5 cm³/mol. The quantitative estimate of drug-likeness (QED) is 0.654. The Balaban J connectivity index is 1.77. The average Bonchev–Trinajstić information content (AvgIpc) is 2.70. The predicted octanol–water partition coefficient (Wildman–Crippen LogP) is 3.30. The smallest absolute Gasteiger partial charge is 0.309 e. The topological polar surface area (TPSA) is 26.3 Å². The Bertz CT molecular complexity index is 219. The minimum absolute atomic E-state index is 0.0894. The number of esters is 1. The molecule has 2 rings (SSSR count). The summed E-state index contributed by atoms with van der Waals surface area (Å²) < 4.78 is 5.61. The molecule has 2 aliphatic rings. The summed E-state index contributed by atoms with van der Waals surface area (Å²) in [5.74, 6) is 1.05. The molecule has 2 saturated carbocycles. The van der Waals surface area contributed by atoms with Crippen LogP contribution < -0.4 is 0 Å². The van der Waals surface area contributed by atoms with Crippen LogP contribution in [0.15, 0.2) is 0 Å². The zero-order valence-electron chi connectivity index (χ0n) is 9.71. The highest BCUT2D eigenvalue weighted by molar-refractivity contribution is 5.72. The third kappa shape index (κ3) is 2.96. The van der Waals surface area contributed by atoms with E-state index in [0.717, 1.165) is 31.6 Å². The maximum Gasteiger partial charge on any atom is 0.309 e. The maximum absolute atomic E-state index is 11.8. The fourth-order valence-electron chi connectivity index (χ4n) is 2.91. The summed E-state index contributed by atoms with van der Waals surface area (Å²) in [6, 6.07) is 0. The van der Waals surface area contributed by atoms with Gasteiger partial charge in [-0.3, -0.25) is 4.79 Å². The van der Waals surface area contributed by atoms with Crippen LogP contribution in [0.2, 0.25) is 0 Å². The van der Waals surface area contributed by atoms with E-state index in [0.29, 0.717) is 0 Å². The lowest BCUT2D eigenvalue weighted by molar-refractivity contribution is -0.156. The van der Waals surface area contributed by atoms with Crippen LogP contribution in [0.4, 0.5) is 0 Å². The van der Waals surface area contributed by atoms with E-state index in [1.165, 1.54) is 25.7 Å². The SMILES string of the molecule is CC1CCCC(OC(=O)C2CCCC2)C1. The molecule has 2 atom stereocenters. The first-order valence-electron chi connectivity index (χ1n) is 6.46. The number of carbonyl (C=O) groups is 1. The second-order valence-electron chi connectivity index (χ2n) is 5.31. The maximum atomic E-state index is 11.8. The lowest BCUT2D eigenvalue weighted by Crippen LogP contribution is -2.27. The standard InChI is InChI=1S/C13H22O2/c1-10-5-4-8-12(9-10)15-13(14)11-6-2-3-7-11/h10-12H,2-9H2,1H3. The van der Waals surface area contributed by atoms with Crippen LogP contribution in [0.5, 0.6) is 0 Å². The van der Waals surface area contributed by atoms with Crippen molar-refractivity contribution in [2.75, 3.05) is 0 Å². The molecule has 0 saturated heterocycles. The van der Waals surface area contributed by atoms with Gasteiger partial charge in [0, 0.05) is 0 Å². The molecule has 0 spiro atoms. The monoisotopic (exact) mass is 210 g/mol. The van der Waals surface area contributed by atoms with E-state index < -0.39 is 0 Å². The fourth-order valence-corrected chi connectivity index (χ4v) is 2.91. The van der Waals surface area contributed by atoms with E-state index in [4.69, 9.17) is 4.74 Å². The van der Waals surface area contributed by atoms with Crippen molar-refractivity contribution in [3.05, 3.63) is 0 Å². The molecule has 2 aliphatic carbocycles. The first-order valence-corrected chi connectivity index (χ1v) is 6.46. The molecule has 2 fully saturated rings. The molecule has 2 heteroatoms. The number of carbonyl (C=O) groups excluding carboxylic acids is 1. The number of hydrogen-bond acceptors (Lipinski definition) is 2. The molecule has 0 amide bonds. The van der Waals surface area contributed by atoms with Crippen molar-refractivity contribution in [3.63, 3.8) is 0 Å². The van der Waals surface area contributed by atoms with Crippen molar-refractivity contribution in [2.24, 2.45) is 11.8 Å². The Labute approximate surface area is 92.4 Å². The van der Waals surface area contributed by atoms with Gasteiger partial charge >= 0.3 is 5.97 Å². The Hall–Kier alpha value is -0.530. The molecule has 0 aromatic heterocycles. The lowest BCUT2D eigenvalue weighted by atomic mass is 9.88. The van der Waals surface area contributed by atoms with Crippen LogP contribution in [0.1, 0.15) is 58.3 Å². The van der Waals surface area contributed by atoms with E-state index in [1.807, 2.05) is 0 Å². The molecule has 0 radical (unpaired) electrons. The molecule has 0 N–H and O–H groups in total. The molecule has 0 aliphatic heterocycles. The van der Waals surface area contributed by atoms with Gasteiger partial charge in [0.15, 0.2) is 0 Å². The fraction of sp³-hybridized carbons (Fsp3) is 0.923. The second kappa shape index (κ2) is 5.00. The van der Waals surface area contributed by atoms with Crippen LogP contribution in [-0.2, 0) is 9.53 Å². The molecule has 2 unspecified atom stereocenters. The highest BCUT2D eigenvalue weighted by Crippen LogP contribution is 2.30. The van der Waals surface area contributed by atoms with Gasteiger partial charge in [-0.15, -0.1) is 0 Å². The van der Waals surface area contributed by atoms with Gasteiger partial charge in [0.25, 0.3) is 0 Å². The van der Waals surface area contributed by atoms with Crippen LogP contribution in [0.25, 0.3) is 0 Å². The third-order valence-corrected chi connectivity index (χ3v) is 3.86. The summed E-state index contributed by atoms with van der Waals surface area (Å²) in [7, 11) is 0. The van der Waals surface area contributed by atoms with Crippen LogP contribution in [0.3, 0.4) is 0 Å². The Morgan fingerprint density at radius 2 is 1.80 bits per heavy atom. The highest BCUT2D eigenvalue weighted by atomic mass is 16.5. The second-order valence-corrected chi connectivity index (χ2v) is 5.31. The number of hydrogen-bond donors (Lipinski definition) is 0. The molecule has 15 heavy (non-hydrogen) atoms. The van der Waals surface area contributed by atoms with Crippen LogP contribution >= 0.6 is 0 Å². The van der Waals surface area contributed by atoms with Crippen molar-refractivity contribution < 1.29 is 9.53 Å². The summed E-state index contributed by atoms with van der Waals surface area (Å²) >= 11 is 0. The van der Waals surface area contributed by atoms with Gasteiger partial charge in [-0.1, -0.05) is 26.2 Å². The summed E-state index contributed by atoms with van der Waals surface area (Å²) in [5, 5.41) is 0. The zero-order valence-corrected chi connectivity index (χ0v) is 9.71. The van der Waals surface area contributed by atoms with Crippen molar-refractivity contribution in [3.8, 4) is 0 Å². The average molecular weight is 210 g/mol. The van der Waals surface area contributed by atoms with E-state index >= 15 is 0 Å². The van der Waals surface area contributed by atoms with Gasteiger partial charge in [-0.25, -0.2) is 0 Å². The number of rotatable bonds is 2. The molecule has 0 bridgehead atoms. The Morgan fingerprint density at radius 1 is 1.07 bits per heavy atom. The first-order chi connectivity index (χ1) is 7.25. The van der Waals surface area contributed by atoms with Gasteiger partial charge in [-0.05, 0) is 38.0 Å². The molecule has 2 nitrogen and oxygen atoms in total. The molecular weight excluding hydrogens is 188 g/mol. The molecule has 0 heterocycles. The third-order valence-electron chi connectivity index (χ3n) is 3.86. The molecule has 0 aromatic carbocycles. The van der Waals surface area contributed by atoms with Crippen molar-refractivity contribution >= 4 is 5.97 Å². The Kier molecular flexibility index (Phi) is 3.66. The molecule has 86 valence electrons. The van der Waals surface area contributed by atoms with E-state index in [1.54, 1.807) is 0 Å². The van der Waals surface area contributed by atoms with E-state index in [2.05, 4.69) is 6.92 Å². The van der Waals surface area contributed by atoms with Crippen LogP contribution in [-0.4, -0.2) is 12.1 Å². The largest absolute Gasteiger partial charge is 0.462 e. The number of ether oxygens (including phenoxy) is 1.